The van der Waals surface area contributed by atoms with Crippen molar-refractivity contribution in [3.8, 4) is 0 Å². The molecule has 21 heavy (non-hydrogen) atoms. The van der Waals surface area contributed by atoms with Crippen molar-refractivity contribution in [2.24, 2.45) is 23.7 Å². The van der Waals surface area contributed by atoms with Gasteiger partial charge >= 0.3 is 12.1 Å². The average molecular weight is 312 g/mol. The van der Waals surface area contributed by atoms with Crippen LogP contribution in [0, 0.1) is 23.7 Å². The lowest BCUT2D eigenvalue weighted by Crippen LogP contribution is -2.39. The van der Waals surface area contributed by atoms with Crippen molar-refractivity contribution in [2.75, 3.05) is 0 Å². The zero-order chi connectivity index (χ0) is 15.7. The summed E-state index contributed by atoms with van der Waals surface area (Å²) in [7, 11) is 0. The lowest BCUT2D eigenvalue weighted by Gasteiger charge is -2.38. The second-order valence-electron chi connectivity index (χ2n) is 7.21. The fraction of sp³-hybridized carbons (Fsp3) is 1.00. The van der Waals surface area contributed by atoms with E-state index in [-0.39, 0.29) is 0 Å². The smallest absolute Gasteiger partial charge is 0.196 e. The van der Waals surface area contributed by atoms with Crippen LogP contribution in [0.4, 0.5) is 22.0 Å². The Morgan fingerprint density at radius 3 is 1.57 bits per heavy atom. The summed E-state index contributed by atoms with van der Waals surface area (Å²) in [5.74, 6) is -2.99. The van der Waals surface area contributed by atoms with Gasteiger partial charge in [-0.05, 0) is 62.2 Å². The molecular weight excluding hydrogens is 287 g/mol. The first-order valence-corrected chi connectivity index (χ1v) is 8.13. The minimum absolute atomic E-state index is 0.472. The van der Waals surface area contributed by atoms with E-state index in [0.29, 0.717) is 24.7 Å². The van der Waals surface area contributed by atoms with Crippen LogP contribution >= 0.6 is 0 Å². The van der Waals surface area contributed by atoms with Crippen LogP contribution in [0.5, 0.6) is 0 Å². The fourth-order valence-corrected chi connectivity index (χ4v) is 4.10. The summed E-state index contributed by atoms with van der Waals surface area (Å²) in [6.45, 7) is 2.26. The van der Waals surface area contributed by atoms with Gasteiger partial charge in [0.2, 0.25) is 0 Å². The van der Waals surface area contributed by atoms with Crippen LogP contribution in [-0.2, 0) is 0 Å². The molecule has 0 N–H and O–H groups in total. The summed E-state index contributed by atoms with van der Waals surface area (Å²) >= 11 is 0. The summed E-state index contributed by atoms with van der Waals surface area (Å²) < 4.78 is 62.9. The molecule has 0 amide bonds. The Morgan fingerprint density at radius 2 is 1.14 bits per heavy atom. The molecule has 2 aliphatic carbocycles. The van der Waals surface area contributed by atoms with Gasteiger partial charge in [0, 0.05) is 6.42 Å². The molecule has 0 atom stereocenters. The third kappa shape index (κ3) is 4.32. The maximum absolute atomic E-state index is 13.1. The third-order valence-corrected chi connectivity index (χ3v) is 5.58. The molecule has 5 heteroatoms. The minimum atomic E-state index is -5.40. The molecule has 0 saturated heterocycles. The molecule has 0 heterocycles. The summed E-state index contributed by atoms with van der Waals surface area (Å²) in [4.78, 5) is 0. The Bertz CT molecular complexity index is 320. The number of hydrogen-bond acceptors (Lipinski definition) is 0. The highest BCUT2D eigenvalue weighted by atomic mass is 19.4. The lowest BCUT2D eigenvalue weighted by molar-refractivity contribution is -0.288. The van der Waals surface area contributed by atoms with Crippen LogP contribution in [0.1, 0.15) is 64.7 Å². The van der Waals surface area contributed by atoms with Gasteiger partial charge in [0.1, 0.15) is 0 Å². The van der Waals surface area contributed by atoms with Crippen molar-refractivity contribution in [2.45, 2.75) is 76.8 Å². The Labute approximate surface area is 123 Å². The molecule has 0 nitrogen and oxygen atoms in total. The summed E-state index contributed by atoms with van der Waals surface area (Å²) in [6.07, 6.45) is 1.17. The molecule has 0 aromatic rings. The zero-order valence-corrected chi connectivity index (χ0v) is 12.6. The molecule has 124 valence electrons. The molecule has 0 aliphatic heterocycles. The standard InChI is InChI=1S/C16H25F5/c1-11-2-6-13(7-3-11)14-8-4-12(5-9-14)10-15(17,18)16(19,20)21/h11-14H,2-10H2,1H3. The highest BCUT2D eigenvalue weighted by molar-refractivity contribution is 4.85. The lowest BCUT2D eigenvalue weighted by atomic mass is 9.69. The first-order chi connectivity index (χ1) is 9.69. The van der Waals surface area contributed by atoms with E-state index >= 15 is 0 Å². The molecule has 2 rings (SSSR count). The highest BCUT2D eigenvalue weighted by Crippen LogP contribution is 2.46. The van der Waals surface area contributed by atoms with Crippen LogP contribution < -0.4 is 0 Å². The van der Waals surface area contributed by atoms with Gasteiger partial charge in [-0.3, -0.25) is 0 Å². The van der Waals surface area contributed by atoms with E-state index in [4.69, 9.17) is 0 Å². The van der Waals surface area contributed by atoms with Gasteiger partial charge in [-0.25, -0.2) is 0 Å². The highest BCUT2D eigenvalue weighted by Gasteiger charge is 2.57. The SMILES string of the molecule is CC1CCC(C2CCC(CC(F)(F)C(F)(F)F)CC2)CC1. The van der Waals surface area contributed by atoms with E-state index in [2.05, 4.69) is 6.92 Å². The van der Waals surface area contributed by atoms with Gasteiger partial charge in [0.05, 0.1) is 0 Å². The van der Waals surface area contributed by atoms with E-state index in [1.165, 1.54) is 25.7 Å². The summed E-state index contributed by atoms with van der Waals surface area (Å²) in [5, 5.41) is 0. The maximum atomic E-state index is 13.1. The molecule has 0 radical (unpaired) electrons. The molecule has 0 unspecified atom stereocenters. The van der Waals surface area contributed by atoms with Gasteiger partial charge in [-0.15, -0.1) is 0 Å². The second kappa shape index (κ2) is 6.41. The number of halogens is 5. The Balaban J connectivity index is 1.78. The van der Waals surface area contributed by atoms with E-state index in [1.807, 2.05) is 0 Å². The van der Waals surface area contributed by atoms with Crippen molar-refractivity contribution >= 4 is 0 Å². The normalized spacial score (nSPS) is 35.7. The number of rotatable bonds is 3. The van der Waals surface area contributed by atoms with Crippen molar-refractivity contribution in [1.29, 1.82) is 0 Å². The Kier molecular flexibility index (Phi) is 5.19. The van der Waals surface area contributed by atoms with Gasteiger partial charge in [0.15, 0.2) is 0 Å². The average Bonchev–Trinajstić information content (AvgIpc) is 2.39. The van der Waals surface area contributed by atoms with Gasteiger partial charge in [-0.1, -0.05) is 19.8 Å². The van der Waals surface area contributed by atoms with E-state index in [1.54, 1.807) is 0 Å². The van der Waals surface area contributed by atoms with Crippen molar-refractivity contribution in [1.82, 2.24) is 0 Å². The van der Waals surface area contributed by atoms with Gasteiger partial charge < -0.3 is 0 Å². The van der Waals surface area contributed by atoms with Crippen molar-refractivity contribution < 1.29 is 22.0 Å². The largest absolute Gasteiger partial charge is 0.453 e. The molecule has 2 aliphatic rings. The van der Waals surface area contributed by atoms with E-state index < -0.39 is 24.4 Å². The molecule has 2 saturated carbocycles. The predicted molar refractivity (Wildman–Crippen MR) is 72.2 cm³/mol. The van der Waals surface area contributed by atoms with E-state index in [9.17, 15) is 22.0 Å². The van der Waals surface area contributed by atoms with Crippen LogP contribution in [0.15, 0.2) is 0 Å². The first-order valence-electron chi connectivity index (χ1n) is 8.13. The molecule has 0 aromatic heterocycles. The van der Waals surface area contributed by atoms with Crippen LogP contribution in [0.3, 0.4) is 0 Å². The second-order valence-corrected chi connectivity index (χ2v) is 7.21. The summed E-state index contributed by atoms with van der Waals surface area (Å²) in [6, 6.07) is 0. The molecule has 0 aromatic carbocycles. The van der Waals surface area contributed by atoms with Crippen LogP contribution in [-0.4, -0.2) is 12.1 Å². The zero-order valence-electron chi connectivity index (χ0n) is 12.6. The van der Waals surface area contributed by atoms with Crippen LogP contribution in [0.2, 0.25) is 0 Å². The van der Waals surface area contributed by atoms with Crippen molar-refractivity contribution in [3.63, 3.8) is 0 Å². The predicted octanol–water partition coefficient (Wildman–Crippen LogP) is 6.21. The summed E-state index contributed by atoms with van der Waals surface area (Å²) in [5.41, 5.74) is 0. The Hall–Kier alpha value is -0.350. The molecule has 2 fully saturated rings. The molecular formula is C16H25F5. The minimum Gasteiger partial charge on any atom is -0.196 e. The first kappa shape index (κ1) is 17.0. The topological polar surface area (TPSA) is 0 Å². The number of alkyl halides is 5. The third-order valence-electron chi connectivity index (χ3n) is 5.58. The van der Waals surface area contributed by atoms with E-state index in [0.717, 1.165) is 18.8 Å². The quantitative estimate of drug-likeness (QED) is 0.544. The van der Waals surface area contributed by atoms with Gasteiger partial charge in [0.25, 0.3) is 0 Å². The van der Waals surface area contributed by atoms with Crippen LogP contribution in [0.25, 0.3) is 0 Å². The fourth-order valence-electron chi connectivity index (χ4n) is 4.10. The Morgan fingerprint density at radius 1 is 0.714 bits per heavy atom. The molecule has 0 bridgehead atoms. The maximum Gasteiger partial charge on any atom is 0.453 e. The number of hydrogen-bond donors (Lipinski definition) is 0. The van der Waals surface area contributed by atoms with Crippen molar-refractivity contribution in [3.05, 3.63) is 0 Å². The molecule has 0 spiro atoms. The van der Waals surface area contributed by atoms with Gasteiger partial charge in [-0.2, -0.15) is 22.0 Å². The monoisotopic (exact) mass is 312 g/mol.